The Labute approximate surface area is 240 Å². The van der Waals surface area contributed by atoms with E-state index >= 15 is 0 Å². The zero-order valence-corrected chi connectivity index (χ0v) is 24.0. The van der Waals surface area contributed by atoms with E-state index in [1.807, 2.05) is 0 Å². The SMILES string of the molecule is CC(C)CC1(O)CCN(C(=O)Cc2cc(Oc3ccc(F)cc3)cc(Oc3ccc(C(C)(C)C(=O)O)cc3)c2)CC1. The molecule has 0 spiro atoms. The highest BCUT2D eigenvalue weighted by atomic mass is 19.1. The van der Waals surface area contributed by atoms with Crippen LogP contribution in [0.2, 0.25) is 0 Å². The number of hydrogen-bond donors (Lipinski definition) is 2. The van der Waals surface area contributed by atoms with Crippen LogP contribution < -0.4 is 9.47 Å². The number of carbonyl (C=O) groups is 2. The number of rotatable bonds is 10. The van der Waals surface area contributed by atoms with Crippen LogP contribution in [0.3, 0.4) is 0 Å². The van der Waals surface area contributed by atoms with Gasteiger partial charge in [-0.2, -0.15) is 0 Å². The summed E-state index contributed by atoms with van der Waals surface area (Å²) in [7, 11) is 0. The van der Waals surface area contributed by atoms with Gasteiger partial charge in [-0.1, -0.05) is 26.0 Å². The molecular formula is C33H38FNO6. The number of halogens is 1. The summed E-state index contributed by atoms with van der Waals surface area (Å²) in [5, 5.41) is 20.4. The molecule has 3 aromatic rings. The summed E-state index contributed by atoms with van der Waals surface area (Å²) in [6.45, 7) is 8.44. The molecule has 1 aliphatic heterocycles. The molecule has 7 nitrogen and oxygen atoms in total. The fourth-order valence-corrected chi connectivity index (χ4v) is 5.11. The van der Waals surface area contributed by atoms with Crippen molar-refractivity contribution < 1.29 is 33.7 Å². The molecule has 0 unspecified atom stereocenters. The van der Waals surface area contributed by atoms with Crippen molar-refractivity contribution in [3.8, 4) is 23.0 Å². The molecule has 1 amide bonds. The van der Waals surface area contributed by atoms with Crippen LogP contribution in [0.5, 0.6) is 23.0 Å². The second kappa shape index (κ2) is 12.3. The monoisotopic (exact) mass is 563 g/mol. The van der Waals surface area contributed by atoms with Gasteiger partial charge >= 0.3 is 5.97 Å². The third-order valence-corrected chi connectivity index (χ3v) is 7.53. The fraction of sp³-hybridized carbons (Fsp3) is 0.394. The molecule has 0 bridgehead atoms. The molecule has 0 radical (unpaired) electrons. The summed E-state index contributed by atoms with van der Waals surface area (Å²) in [5.74, 6) is 0.800. The van der Waals surface area contributed by atoms with Gasteiger partial charge in [0, 0.05) is 19.2 Å². The van der Waals surface area contributed by atoms with E-state index in [2.05, 4.69) is 13.8 Å². The Kier molecular flexibility index (Phi) is 9.02. The zero-order chi connectivity index (χ0) is 29.8. The van der Waals surface area contributed by atoms with E-state index < -0.39 is 17.0 Å². The van der Waals surface area contributed by atoms with Crippen molar-refractivity contribution >= 4 is 11.9 Å². The van der Waals surface area contributed by atoms with Crippen LogP contribution in [0, 0.1) is 11.7 Å². The molecule has 1 heterocycles. The van der Waals surface area contributed by atoms with Crippen LogP contribution in [0.1, 0.15) is 58.1 Å². The lowest BCUT2D eigenvalue weighted by molar-refractivity contribution is -0.142. The third kappa shape index (κ3) is 7.85. The summed E-state index contributed by atoms with van der Waals surface area (Å²) in [5.41, 5.74) is -0.465. The maximum absolute atomic E-state index is 13.4. The zero-order valence-electron chi connectivity index (χ0n) is 24.0. The van der Waals surface area contributed by atoms with Gasteiger partial charge in [-0.3, -0.25) is 9.59 Å². The number of benzene rings is 3. The quantitative estimate of drug-likeness (QED) is 0.285. The van der Waals surface area contributed by atoms with Gasteiger partial charge in [0.05, 0.1) is 17.4 Å². The first-order chi connectivity index (χ1) is 19.3. The number of piperidine rings is 1. The predicted molar refractivity (Wildman–Crippen MR) is 154 cm³/mol. The molecule has 41 heavy (non-hydrogen) atoms. The molecule has 0 aliphatic carbocycles. The lowest BCUT2D eigenvalue weighted by atomic mass is 9.84. The molecule has 1 aliphatic rings. The highest BCUT2D eigenvalue weighted by molar-refractivity contribution is 5.80. The van der Waals surface area contributed by atoms with Crippen molar-refractivity contribution in [2.24, 2.45) is 5.92 Å². The number of aliphatic carboxylic acids is 1. The van der Waals surface area contributed by atoms with Gasteiger partial charge in [0.15, 0.2) is 0 Å². The number of nitrogens with zero attached hydrogens (tertiary/aromatic N) is 1. The van der Waals surface area contributed by atoms with Crippen LogP contribution in [0.25, 0.3) is 0 Å². The minimum Gasteiger partial charge on any atom is -0.481 e. The van der Waals surface area contributed by atoms with Crippen molar-refractivity contribution in [2.75, 3.05) is 13.1 Å². The van der Waals surface area contributed by atoms with Gasteiger partial charge in [-0.25, -0.2) is 4.39 Å². The molecule has 4 rings (SSSR count). The average molecular weight is 564 g/mol. The number of carboxylic acid groups (broad SMARTS) is 1. The predicted octanol–water partition coefficient (Wildman–Crippen LogP) is 6.71. The van der Waals surface area contributed by atoms with Crippen LogP contribution >= 0.6 is 0 Å². The number of hydrogen-bond acceptors (Lipinski definition) is 5. The summed E-state index contributed by atoms with van der Waals surface area (Å²) in [6.07, 6.45) is 1.93. The highest BCUT2D eigenvalue weighted by Crippen LogP contribution is 2.33. The molecule has 0 aromatic heterocycles. The van der Waals surface area contributed by atoms with Gasteiger partial charge in [0.25, 0.3) is 0 Å². The van der Waals surface area contributed by atoms with Crippen molar-refractivity contribution in [1.29, 1.82) is 0 Å². The summed E-state index contributed by atoms with van der Waals surface area (Å²) in [4.78, 5) is 26.6. The third-order valence-electron chi connectivity index (χ3n) is 7.53. The Morgan fingerprint density at radius 3 is 1.90 bits per heavy atom. The molecule has 2 N–H and O–H groups in total. The van der Waals surface area contributed by atoms with E-state index in [1.165, 1.54) is 24.3 Å². The lowest BCUT2D eigenvalue weighted by Gasteiger charge is -2.39. The first kappa shape index (κ1) is 30.1. The summed E-state index contributed by atoms with van der Waals surface area (Å²) < 4.78 is 25.5. The van der Waals surface area contributed by atoms with E-state index in [1.54, 1.807) is 61.2 Å². The molecule has 1 fully saturated rings. The van der Waals surface area contributed by atoms with E-state index in [0.29, 0.717) is 72.4 Å². The van der Waals surface area contributed by atoms with Crippen LogP contribution in [0.4, 0.5) is 4.39 Å². The first-order valence-electron chi connectivity index (χ1n) is 13.9. The van der Waals surface area contributed by atoms with Crippen LogP contribution in [-0.2, 0) is 21.4 Å². The van der Waals surface area contributed by atoms with E-state index in [4.69, 9.17) is 9.47 Å². The molecule has 218 valence electrons. The van der Waals surface area contributed by atoms with Gasteiger partial charge in [-0.15, -0.1) is 0 Å². The smallest absolute Gasteiger partial charge is 0.313 e. The van der Waals surface area contributed by atoms with Crippen molar-refractivity contribution in [2.45, 2.75) is 64.4 Å². The van der Waals surface area contributed by atoms with Crippen molar-refractivity contribution in [3.05, 3.63) is 83.7 Å². The largest absolute Gasteiger partial charge is 0.481 e. The molecular weight excluding hydrogens is 525 g/mol. The topological polar surface area (TPSA) is 96.3 Å². The first-order valence-corrected chi connectivity index (χ1v) is 13.9. The molecule has 3 aromatic carbocycles. The molecule has 8 heteroatoms. The molecule has 0 saturated carbocycles. The minimum absolute atomic E-state index is 0.0539. The van der Waals surface area contributed by atoms with Crippen molar-refractivity contribution in [1.82, 2.24) is 4.90 Å². The van der Waals surface area contributed by atoms with Gasteiger partial charge in [-0.05, 0) is 98.7 Å². The Morgan fingerprint density at radius 1 is 0.902 bits per heavy atom. The maximum atomic E-state index is 13.4. The fourth-order valence-electron chi connectivity index (χ4n) is 5.11. The number of amides is 1. The molecule has 0 atom stereocenters. The Hall–Kier alpha value is -3.91. The number of carboxylic acids is 1. The standard InChI is InChI=1S/C33H38FNO6/c1-22(2)21-33(39)13-15-35(16-14-33)30(36)19-23-17-28(20-29(18-23)41-27-11-7-25(34)8-12-27)40-26-9-5-24(6-10-26)32(3,4)31(37)38/h5-12,17-18,20,22,39H,13-16,19,21H2,1-4H3,(H,37,38). The number of aliphatic hydroxyl groups is 1. The second-order valence-corrected chi connectivity index (χ2v) is 11.8. The van der Waals surface area contributed by atoms with Gasteiger partial charge in [0.1, 0.15) is 28.8 Å². The lowest BCUT2D eigenvalue weighted by Crippen LogP contribution is -2.47. The number of carbonyl (C=O) groups excluding carboxylic acids is 1. The van der Waals surface area contributed by atoms with Crippen LogP contribution in [-0.4, -0.2) is 45.7 Å². The van der Waals surface area contributed by atoms with E-state index in [9.17, 15) is 24.2 Å². The number of ether oxygens (including phenoxy) is 2. The van der Waals surface area contributed by atoms with Gasteiger partial charge < -0.3 is 24.6 Å². The maximum Gasteiger partial charge on any atom is 0.313 e. The Morgan fingerprint density at radius 2 is 1.41 bits per heavy atom. The van der Waals surface area contributed by atoms with Crippen molar-refractivity contribution in [3.63, 3.8) is 0 Å². The normalized spacial score (nSPS) is 15.0. The molecule has 1 saturated heterocycles. The highest BCUT2D eigenvalue weighted by Gasteiger charge is 2.34. The van der Waals surface area contributed by atoms with E-state index in [0.717, 1.165) is 0 Å². The average Bonchev–Trinajstić information content (AvgIpc) is 2.90. The summed E-state index contributed by atoms with van der Waals surface area (Å²) >= 11 is 0. The summed E-state index contributed by atoms with van der Waals surface area (Å²) in [6, 6.07) is 17.7. The number of likely N-dealkylation sites (tertiary alicyclic amines) is 1. The minimum atomic E-state index is -1.05. The second-order valence-electron chi connectivity index (χ2n) is 11.8. The Balaban J connectivity index is 1.53. The van der Waals surface area contributed by atoms with Crippen LogP contribution in [0.15, 0.2) is 66.7 Å². The van der Waals surface area contributed by atoms with E-state index in [-0.39, 0.29) is 18.1 Å². The van der Waals surface area contributed by atoms with Gasteiger partial charge in [0.2, 0.25) is 5.91 Å². The Bertz CT molecular complexity index is 1360.